The van der Waals surface area contributed by atoms with Crippen molar-refractivity contribution in [2.24, 2.45) is 0 Å². The highest BCUT2D eigenvalue weighted by Gasteiger charge is 2.20. The highest BCUT2D eigenvalue weighted by atomic mass is 79.9. The van der Waals surface area contributed by atoms with Crippen LogP contribution in [0.1, 0.15) is 29.9 Å². The minimum absolute atomic E-state index is 0.139. The number of ether oxygens (including phenoxy) is 1. The Morgan fingerprint density at radius 2 is 2.24 bits per heavy atom. The summed E-state index contributed by atoms with van der Waals surface area (Å²) < 4.78 is 8.54. The summed E-state index contributed by atoms with van der Waals surface area (Å²) >= 11 is 3.65. The van der Waals surface area contributed by atoms with Crippen molar-refractivity contribution < 1.29 is 4.74 Å². The predicted molar refractivity (Wildman–Crippen MR) is 86.6 cm³/mol. The van der Waals surface area contributed by atoms with E-state index in [1.54, 1.807) is 19.5 Å². The van der Waals surface area contributed by atoms with Gasteiger partial charge in [0.25, 0.3) is 0 Å². The van der Waals surface area contributed by atoms with E-state index in [0.717, 1.165) is 34.4 Å². The lowest BCUT2D eigenvalue weighted by Crippen LogP contribution is -2.21. The van der Waals surface area contributed by atoms with Gasteiger partial charge in [-0.15, -0.1) is 0 Å². The molecule has 6 heteroatoms. The second kappa shape index (κ2) is 7.04. The zero-order valence-electron chi connectivity index (χ0n) is 12.9. The van der Waals surface area contributed by atoms with Gasteiger partial charge in [-0.1, -0.05) is 0 Å². The number of methoxy groups -OCH3 is 1. The van der Waals surface area contributed by atoms with Crippen LogP contribution in [0.15, 0.2) is 22.9 Å². The maximum Gasteiger partial charge on any atom is 0.141 e. The van der Waals surface area contributed by atoms with Gasteiger partial charge in [-0.25, -0.2) is 0 Å². The van der Waals surface area contributed by atoms with E-state index in [2.05, 4.69) is 38.3 Å². The molecule has 1 unspecified atom stereocenters. The second-order valence-electron chi connectivity index (χ2n) is 4.82. The van der Waals surface area contributed by atoms with E-state index in [1.807, 2.05) is 24.7 Å². The molecule has 0 amide bonds. The lowest BCUT2D eigenvalue weighted by molar-refractivity contribution is 0.398. The van der Waals surface area contributed by atoms with Crippen LogP contribution in [0.2, 0.25) is 0 Å². The third-order valence-electron chi connectivity index (χ3n) is 3.61. The topological polar surface area (TPSA) is 52.0 Å². The number of aromatic nitrogens is 3. The molecule has 0 aromatic carbocycles. The number of pyridine rings is 1. The molecule has 114 valence electrons. The SMILES string of the molecule is CCn1nc(C)c(Br)c1CC(NC)c1ccncc1OC. The Hall–Kier alpha value is -1.40. The van der Waals surface area contributed by atoms with E-state index >= 15 is 0 Å². The molecule has 0 aliphatic carbocycles. The monoisotopic (exact) mass is 352 g/mol. The number of hydrogen-bond donors (Lipinski definition) is 1. The largest absolute Gasteiger partial charge is 0.495 e. The van der Waals surface area contributed by atoms with E-state index in [1.165, 1.54) is 5.69 Å². The number of halogens is 1. The van der Waals surface area contributed by atoms with Crippen LogP contribution in [0.3, 0.4) is 0 Å². The Balaban J connectivity index is 2.36. The molecule has 0 aliphatic heterocycles. The van der Waals surface area contributed by atoms with Gasteiger partial charge in [0.2, 0.25) is 0 Å². The smallest absolute Gasteiger partial charge is 0.141 e. The predicted octanol–water partition coefficient (Wildman–Crippen LogP) is 2.88. The van der Waals surface area contributed by atoms with E-state index in [0.29, 0.717) is 0 Å². The van der Waals surface area contributed by atoms with E-state index in [4.69, 9.17) is 4.74 Å². The summed E-state index contributed by atoms with van der Waals surface area (Å²) in [7, 11) is 3.63. The maximum atomic E-state index is 5.42. The van der Waals surface area contributed by atoms with Crippen molar-refractivity contribution >= 4 is 15.9 Å². The molecular weight excluding hydrogens is 332 g/mol. The molecular formula is C15H21BrN4O. The molecule has 0 saturated heterocycles. The standard InChI is InChI=1S/C15H21BrN4O/c1-5-20-13(15(16)10(2)19-20)8-12(17-3)11-6-7-18-9-14(11)21-4/h6-7,9,12,17H,5,8H2,1-4H3. The molecule has 2 aromatic rings. The van der Waals surface area contributed by atoms with Gasteiger partial charge >= 0.3 is 0 Å². The molecule has 1 N–H and O–H groups in total. The first kappa shape index (κ1) is 16.0. The molecule has 2 rings (SSSR count). The van der Waals surface area contributed by atoms with Crippen LogP contribution in [0.25, 0.3) is 0 Å². The molecule has 0 bridgehead atoms. The van der Waals surface area contributed by atoms with Crippen molar-refractivity contribution in [2.45, 2.75) is 32.9 Å². The van der Waals surface area contributed by atoms with E-state index in [9.17, 15) is 0 Å². The van der Waals surface area contributed by atoms with Crippen LogP contribution < -0.4 is 10.1 Å². The lowest BCUT2D eigenvalue weighted by atomic mass is 10.0. The third-order valence-corrected chi connectivity index (χ3v) is 4.64. The van der Waals surface area contributed by atoms with Crippen molar-refractivity contribution in [2.75, 3.05) is 14.2 Å². The fraction of sp³-hybridized carbons (Fsp3) is 0.467. The molecule has 0 aliphatic rings. The summed E-state index contributed by atoms with van der Waals surface area (Å²) in [6, 6.07) is 2.13. The number of nitrogens with zero attached hydrogens (tertiary/aromatic N) is 3. The summed E-state index contributed by atoms with van der Waals surface area (Å²) in [5, 5.41) is 7.91. The molecule has 2 heterocycles. The van der Waals surface area contributed by atoms with Gasteiger partial charge < -0.3 is 10.1 Å². The van der Waals surface area contributed by atoms with Crippen LogP contribution in [0, 0.1) is 6.92 Å². The highest BCUT2D eigenvalue weighted by molar-refractivity contribution is 9.10. The molecule has 0 saturated carbocycles. The van der Waals surface area contributed by atoms with Crippen molar-refractivity contribution in [1.82, 2.24) is 20.1 Å². The van der Waals surface area contributed by atoms with Crippen molar-refractivity contribution in [3.05, 3.63) is 39.9 Å². The summed E-state index contributed by atoms with van der Waals surface area (Å²) in [6.45, 7) is 4.97. The Labute approximate surface area is 133 Å². The molecule has 5 nitrogen and oxygen atoms in total. The second-order valence-corrected chi connectivity index (χ2v) is 5.62. The minimum atomic E-state index is 0.139. The quantitative estimate of drug-likeness (QED) is 0.868. The summed E-state index contributed by atoms with van der Waals surface area (Å²) in [6.07, 6.45) is 4.36. The normalized spacial score (nSPS) is 12.4. The average molecular weight is 353 g/mol. The third kappa shape index (κ3) is 3.27. The molecule has 21 heavy (non-hydrogen) atoms. The molecule has 0 fully saturated rings. The Bertz CT molecular complexity index is 612. The molecule has 0 radical (unpaired) electrons. The first-order valence-electron chi connectivity index (χ1n) is 6.99. The van der Waals surface area contributed by atoms with Crippen LogP contribution >= 0.6 is 15.9 Å². The van der Waals surface area contributed by atoms with Gasteiger partial charge in [0.05, 0.1) is 29.2 Å². The number of hydrogen-bond acceptors (Lipinski definition) is 4. The van der Waals surface area contributed by atoms with Gasteiger partial charge in [-0.05, 0) is 42.9 Å². The molecule has 0 spiro atoms. The number of aryl methyl sites for hydroxylation is 2. The van der Waals surface area contributed by atoms with Crippen LogP contribution in [0.5, 0.6) is 5.75 Å². The van der Waals surface area contributed by atoms with Crippen LogP contribution in [-0.4, -0.2) is 28.9 Å². The number of nitrogens with one attached hydrogen (secondary N) is 1. The fourth-order valence-electron chi connectivity index (χ4n) is 2.47. The summed E-state index contributed by atoms with van der Waals surface area (Å²) in [5.74, 6) is 0.798. The highest BCUT2D eigenvalue weighted by Crippen LogP contribution is 2.30. The van der Waals surface area contributed by atoms with Gasteiger partial charge in [0, 0.05) is 30.8 Å². The van der Waals surface area contributed by atoms with Crippen molar-refractivity contribution in [1.29, 1.82) is 0 Å². The van der Waals surface area contributed by atoms with Crippen LogP contribution in [0.4, 0.5) is 0 Å². The van der Waals surface area contributed by atoms with Gasteiger partial charge in [0.1, 0.15) is 5.75 Å². The Morgan fingerprint density at radius 3 is 2.86 bits per heavy atom. The van der Waals surface area contributed by atoms with E-state index < -0.39 is 0 Å². The first-order valence-corrected chi connectivity index (χ1v) is 7.78. The van der Waals surface area contributed by atoms with Crippen LogP contribution in [-0.2, 0) is 13.0 Å². The van der Waals surface area contributed by atoms with Crippen molar-refractivity contribution in [3.8, 4) is 5.75 Å². The first-order chi connectivity index (χ1) is 10.1. The molecule has 1 atom stereocenters. The fourth-order valence-corrected chi connectivity index (χ4v) is 2.92. The Kier molecular flexibility index (Phi) is 5.36. The van der Waals surface area contributed by atoms with Gasteiger partial charge in [-0.3, -0.25) is 9.67 Å². The number of likely N-dealkylation sites (N-methyl/N-ethyl adjacent to an activating group) is 1. The summed E-state index contributed by atoms with van der Waals surface area (Å²) in [5.41, 5.74) is 3.31. The van der Waals surface area contributed by atoms with E-state index in [-0.39, 0.29) is 6.04 Å². The summed E-state index contributed by atoms with van der Waals surface area (Å²) in [4.78, 5) is 4.12. The Morgan fingerprint density at radius 1 is 1.48 bits per heavy atom. The number of rotatable bonds is 6. The zero-order chi connectivity index (χ0) is 15.4. The molecule has 2 aromatic heterocycles. The van der Waals surface area contributed by atoms with Crippen molar-refractivity contribution in [3.63, 3.8) is 0 Å². The van der Waals surface area contributed by atoms with Gasteiger partial charge in [-0.2, -0.15) is 5.10 Å². The lowest BCUT2D eigenvalue weighted by Gasteiger charge is -2.19. The maximum absolute atomic E-state index is 5.42. The van der Waals surface area contributed by atoms with Gasteiger partial charge in [0.15, 0.2) is 0 Å². The zero-order valence-corrected chi connectivity index (χ0v) is 14.4. The average Bonchev–Trinajstić information content (AvgIpc) is 2.79. The minimum Gasteiger partial charge on any atom is -0.495 e.